The minimum absolute atomic E-state index is 0. The van der Waals surface area contributed by atoms with Crippen molar-refractivity contribution in [3.63, 3.8) is 0 Å². The third-order valence-electron chi connectivity index (χ3n) is 6.21. The number of nitrogens with one attached hydrogen (secondary N) is 1. The first-order chi connectivity index (χ1) is 15.9. The van der Waals surface area contributed by atoms with Gasteiger partial charge in [-0.15, -0.1) is 12.4 Å². The summed E-state index contributed by atoms with van der Waals surface area (Å²) >= 11 is 0. The number of amides is 2. The van der Waals surface area contributed by atoms with Crippen molar-refractivity contribution in [1.29, 1.82) is 0 Å². The standard InChI is InChI=1S/C25H48N2O2.C3H9N.ClH/c1-3-5-6-7-8-9-10-11-12-13-14-15-16-17-18-20-24(28)26-23(4-2)27-22-19-21-25(27)29;1-4(2)3;/h23H,3-22H2,1-2H3,(H,26,28);1-3H3;1H. The summed E-state index contributed by atoms with van der Waals surface area (Å²) in [5, 5.41) is 3.05. The molecule has 5 nitrogen and oxygen atoms in total. The second-order valence-electron chi connectivity index (χ2n) is 10.2. The largest absolute Gasteiger partial charge is 0.336 e. The monoisotopic (exact) mass is 503 g/mol. The van der Waals surface area contributed by atoms with E-state index in [4.69, 9.17) is 0 Å². The summed E-state index contributed by atoms with van der Waals surface area (Å²) in [5.41, 5.74) is 0. The van der Waals surface area contributed by atoms with Crippen molar-refractivity contribution in [1.82, 2.24) is 15.1 Å². The predicted molar refractivity (Wildman–Crippen MR) is 150 cm³/mol. The van der Waals surface area contributed by atoms with E-state index >= 15 is 0 Å². The van der Waals surface area contributed by atoms with Crippen LogP contribution in [-0.4, -0.2) is 55.5 Å². The Hall–Kier alpha value is -0.810. The van der Waals surface area contributed by atoms with E-state index in [0.717, 1.165) is 32.2 Å². The summed E-state index contributed by atoms with van der Waals surface area (Å²) in [6.45, 7) is 5.10. The van der Waals surface area contributed by atoms with Crippen molar-refractivity contribution < 1.29 is 9.59 Å². The first-order valence-corrected chi connectivity index (χ1v) is 14.1. The van der Waals surface area contributed by atoms with Crippen LogP contribution in [0.25, 0.3) is 0 Å². The molecule has 1 aliphatic rings. The smallest absolute Gasteiger partial charge is 0.224 e. The lowest BCUT2D eigenvalue weighted by Gasteiger charge is -2.27. The first-order valence-electron chi connectivity index (χ1n) is 14.1. The van der Waals surface area contributed by atoms with E-state index in [1.807, 2.05) is 37.9 Å². The highest BCUT2D eigenvalue weighted by molar-refractivity contribution is 5.85. The number of unbranched alkanes of at least 4 members (excludes halogenated alkanes) is 14. The lowest BCUT2D eigenvalue weighted by atomic mass is 10.0. The lowest BCUT2D eigenvalue weighted by molar-refractivity contribution is -0.132. The topological polar surface area (TPSA) is 52.7 Å². The molecular formula is C28H58ClN3O2. The zero-order valence-corrected chi connectivity index (χ0v) is 24.2. The Morgan fingerprint density at radius 1 is 0.824 bits per heavy atom. The van der Waals surface area contributed by atoms with Gasteiger partial charge in [0.1, 0.15) is 6.17 Å². The molecule has 1 N–H and O–H groups in total. The van der Waals surface area contributed by atoms with Gasteiger partial charge in [0.25, 0.3) is 0 Å². The molecule has 204 valence electrons. The molecule has 1 atom stereocenters. The van der Waals surface area contributed by atoms with E-state index < -0.39 is 0 Å². The highest BCUT2D eigenvalue weighted by Crippen LogP contribution is 2.15. The van der Waals surface area contributed by atoms with Crippen LogP contribution in [0.2, 0.25) is 0 Å². The van der Waals surface area contributed by atoms with Gasteiger partial charge in [0.15, 0.2) is 0 Å². The highest BCUT2D eigenvalue weighted by atomic mass is 35.5. The Balaban J connectivity index is 0. The number of halogens is 1. The van der Waals surface area contributed by atoms with Crippen LogP contribution in [-0.2, 0) is 9.59 Å². The molecule has 0 aromatic rings. The maximum atomic E-state index is 12.2. The molecule has 1 rings (SSSR count). The Bertz CT molecular complexity index is 472. The summed E-state index contributed by atoms with van der Waals surface area (Å²) in [5.74, 6) is 0.287. The Morgan fingerprint density at radius 2 is 1.24 bits per heavy atom. The van der Waals surface area contributed by atoms with Crippen LogP contribution in [0.3, 0.4) is 0 Å². The normalized spacial score (nSPS) is 13.9. The molecule has 1 saturated heterocycles. The molecule has 1 unspecified atom stereocenters. The van der Waals surface area contributed by atoms with E-state index in [2.05, 4.69) is 12.2 Å². The van der Waals surface area contributed by atoms with E-state index in [1.54, 1.807) is 0 Å². The summed E-state index contributed by atoms with van der Waals surface area (Å²) in [6.07, 6.45) is 22.9. The number of likely N-dealkylation sites (tertiary alicyclic amines) is 1. The molecule has 1 aliphatic heterocycles. The van der Waals surface area contributed by atoms with Gasteiger partial charge in [0.2, 0.25) is 11.8 Å². The van der Waals surface area contributed by atoms with Crippen molar-refractivity contribution in [2.24, 2.45) is 0 Å². The van der Waals surface area contributed by atoms with Gasteiger partial charge in [0.05, 0.1) is 0 Å². The molecular weight excluding hydrogens is 446 g/mol. The highest BCUT2D eigenvalue weighted by Gasteiger charge is 2.27. The van der Waals surface area contributed by atoms with Gasteiger partial charge in [-0.25, -0.2) is 0 Å². The van der Waals surface area contributed by atoms with Crippen molar-refractivity contribution in [3.8, 4) is 0 Å². The van der Waals surface area contributed by atoms with E-state index in [-0.39, 0.29) is 30.4 Å². The Morgan fingerprint density at radius 3 is 1.59 bits per heavy atom. The second-order valence-corrected chi connectivity index (χ2v) is 10.2. The average molecular weight is 504 g/mol. The van der Waals surface area contributed by atoms with Gasteiger partial charge in [-0.3, -0.25) is 9.59 Å². The van der Waals surface area contributed by atoms with Crippen molar-refractivity contribution in [3.05, 3.63) is 0 Å². The Labute approximate surface area is 218 Å². The molecule has 0 radical (unpaired) electrons. The fraction of sp³-hybridized carbons (Fsp3) is 0.929. The molecule has 0 bridgehead atoms. The van der Waals surface area contributed by atoms with Gasteiger partial charge in [-0.05, 0) is 40.4 Å². The van der Waals surface area contributed by atoms with E-state index in [0.29, 0.717) is 12.8 Å². The zero-order valence-electron chi connectivity index (χ0n) is 23.3. The molecule has 0 aromatic heterocycles. The average Bonchev–Trinajstić information content (AvgIpc) is 3.20. The van der Waals surface area contributed by atoms with Crippen molar-refractivity contribution in [2.75, 3.05) is 27.7 Å². The number of nitrogens with zero attached hydrogens (tertiary/aromatic N) is 2. The van der Waals surface area contributed by atoms with Gasteiger partial charge in [-0.1, -0.05) is 104 Å². The van der Waals surface area contributed by atoms with Crippen LogP contribution in [0, 0.1) is 0 Å². The van der Waals surface area contributed by atoms with Gasteiger partial charge in [-0.2, -0.15) is 0 Å². The molecule has 0 spiro atoms. The molecule has 0 aliphatic carbocycles. The van der Waals surface area contributed by atoms with Crippen LogP contribution in [0.15, 0.2) is 0 Å². The van der Waals surface area contributed by atoms with Crippen LogP contribution in [0.1, 0.15) is 136 Å². The molecule has 0 aromatic carbocycles. The minimum atomic E-state index is -0.103. The number of rotatable bonds is 19. The van der Waals surface area contributed by atoms with Crippen LogP contribution < -0.4 is 5.32 Å². The second kappa shape index (κ2) is 25.3. The van der Waals surface area contributed by atoms with Gasteiger partial charge >= 0.3 is 0 Å². The molecule has 34 heavy (non-hydrogen) atoms. The quantitative estimate of drug-likeness (QED) is 0.188. The zero-order chi connectivity index (χ0) is 24.7. The van der Waals surface area contributed by atoms with Crippen LogP contribution in [0.5, 0.6) is 0 Å². The lowest BCUT2D eigenvalue weighted by Crippen LogP contribution is -2.48. The molecule has 2 amide bonds. The first kappa shape index (κ1) is 35.4. The third kappa shape index (κ3) is 21.7. The van der Waals surface area contributed by atoms with E-state index in [9.17, 15) is 9.59 Å². The number of carbonyl (C=O) groups is 2. The summed E-state index contributed by atoms with van der Waals surface area (Å²) < 4.78 is 0. The number of carbonyl (C=O) groups excluding carboxylic acids is 2. The molecule has 1 heterocycles. The number of hydrogen-bond donors (Lipinski definition) is 1. The SMILES string of the molecule is CCCCCCCCCCCCCCCCCC(=O)NC(CC)N1CCCC1=O.CN(C)C.Cl. The molecule has 0 saturated carbocycles. The van der Waals surface area contributed by atoms with Gasteiger partial charge < -0.3 is 15.1 Å². The van der Waals surface area contributed by atoms with Gasteiger partial charge in [0, 0.05) is 19.4 Å². The van der Waals surface area contributed by atoms with E-state index in [1.165, 1.54) is 83.5 Å². The van der Waals surface area contributed by atoms with Crippen LogP contribution >= 0.6 is 12.4 Å². The third-order valence-corrected chi connectivity index (χ3v) is 6.21. The molecule has 1 fully saturated rings. The Kier molecular flexibility index (Phi) is 26.3. The van der Waals surface area contributed by atoms with Crippen LogP contribution in [0.4, 0.5) is 0 Å². The number of hydrogen-bond acceptors (Lipinski definition) is 3. The minimum Gasteiger partial charge on any atom is -0.336 e. The molecule has 6 heteroatoms. The fourth-order valence-electron chi connectivity index (χ4n) is 4.31. The fourth-order valence-corrected chi connectivity index (χ4v) is 4.31. The van der Waals surface area contributed by atoms with Crippen molar-refractivity contribution in [2.45, 2.75) is 142 Å². The maximum absolute atomic E-state index is 12.2. The summed E-state index contributed by atoms with van der Waals surface area (Å²) in [6, 6.07) is 0. The maximum Gasteiger partial charge on any atom is 0.224 e. The summed E-state index contributed by atoms with van der Waals surface area (Å²) in [7, 11) is 6.00. The predicted octanol–water partition coefficient (Wildman–Crippen LogP) is 7.32. The summed E-state index contributed by atoms with van der Waals surface area (Å²) in [4.78, 5) is 27.8. The van der Waals surface area contributed by atoms with Crippen molar-refractivity contribution >= 4 is 24.2 Å².